The molecular weight excluding hydrogens is 242 g/mol. The summed E-state index contributed by atoms with van der Waals surface area (Å²) in [5.74, 6) is 0.252. The highest BCUT2D eigenvalue weighted by Crippen LogP contribution is 2.38. The molecule has 0 fully saturated rings. The van der Waals surface area contributed by atoms with E-state index in [1.54, 1.807) is 12.1 Å². The van der Waals surface area contributed by atoms with Gasteiger partial charge in [-0.25, -0.2) is 0 Å². The highest BCUT2D eigenvalue weighted by atomic mass is 79.9. The van der Waals surface area contributed by atoms with E-state index in [0.717, 1.165) is 10.0 Å². The van der Waals surface area contributed by atoms with Gasteiger partial charge in [0.15, 0.2) is 0 Å². The zero-order valence-corrected chi connectivity index (χ0v) is 10.3. The van der Waals surface area contributed by atoms with Crippen LogP contribution in [0.5, 0.6) is 5.75 Å². The van der Waals surface area contributed by atoms with Gasteiger partial charge in [0.25, 0.3) is 0 Å². The number of phenolic OH excluding ortho intramolecular Hbond substituents is 1. The van der Waals surface area contributed by atoms with Crippen LogP contribution in [0.2, 0.25) is 0 Å². The summed E-state index contributed by atoms with van der Waals surface area (Å²) in [5, 5.41) is 9.72. The lowest BCUT2D eigenvalue weighted by Gasteiger charge is -2.28. The Morgan fingerprint density at radius 1 is 1.36 bits per heavy atom. The Kier molecular flexibility index (Phi) is 3.22. The lowest BCUT2D eigenvalue weighted by molar-refractivity contribution is 0.316. The van der Waals surface area contributed by atoms with Gasteiger partial charge in [0.05, 0.1) is 0 Å². The maximum atomic E-state index is 9.72. The van der Waals surface area contributed by atoms with Crippen LogP contribution in [0.25, 0.3) is 0 Å². The molecule has 14 heavy (non-hydrogen) atoms. The summed E-state index contributed by atoms with van der Waals surface area (Å²) in [6, 6.07) is 5.16. The van der Waals surface area contributed by atoms with Crippen LogP contribution in [0.15, 0.2) is 22.7 Å². The zero-order valence-electron chi connectivity index (χ0n) is 8.71. The summed E-state index contributed by atoms with van der Waals surface area (Å²) < 4.78 is 0.861. The molecule has 0 amide bonds. The Hall–Kier alpha value is -0.540. The fourth-order valence-electron chi connectivity index (χ4n) is 1.27. The maximum absolute atomic E-state index is 9.72. The van der Waals surface area contributed by atoms with Crippen molar-refractivity contribution in [1.82, 2.24) is 0 Å². The molecule has 0 heterocycles. The number of rotatable bonds is 1. The molecule has 0 spiro atoms. The second-order valence-electron chi connectivity index (χ2n) is 4.52. The van der Waals surface area contributed by atoms with Gasteiger partial charge in [-0.1, -0.05) is 42.8 Å². The summed E-state index contributed by atoms with van der Waals surface area (Å²) in [7, 11) is 0. The summed E-state index contributed by atoms with van der Waals surface area (Å²) in [5.41, 5.74) is 6.79. The number of hydrogen-bond donors (Lipinski definition) is 2. The lowest BCUT2D eigenvalue weighted by atomic mass is 9.83. The lowest BCUT2D eigenvalue weighted by Crippen LogP contribution is -2.26. The number of hydrogen-bond acceptors (Lipinski definition) is 2. The predicted molar refractivity (Wildman–Crippen MR) is 62.2 cm³/mol. The quantitative estimate of drug-likeness (QED) is 0.812. The van der Waals surface area contributed by atoms with Gasteiger partial charge in [0.1, 0.15) is 5.75 Å². The van der Waals surface area contributed by atoms with E-state index in [4.69, 9.17) is 5.73 Å². The SMILES string of the molecule is CC(C)(C)C(N)c1c(O)cccc1Br. The topological polar surface area (TPSA) is 46.2 Å². The van der Waals surface area contributed by atoms with Gasteiger partial charge in [-0.15, -0.1) is 0 Å². The van der Waals surface area contributed by atoms with Crippen LogP contribution in [0, 0.1) is 5.41 Å². The number of halogens is 1. The Balaban J connectivity index is 3.19. The van der Waals surface area contributed by atoms with Crippen molar-refractivity contribution >= 4 is 15.9 Å². The third-order valence-electron chi connectivity index (χ3n) is 2.27. The predicted octanol–water partition coefficient (Wildman–Crippen LogP) is 3.20. The van der Waals surface area contributed by atoms with Gasteiger partial charge in [-0.2, -0.15) is 0 Å². The molecule has 1 atom stereocenters. The number of phenols is 1. The number of nitrogens with two attached hydrogens (primary N) is 1. The van der Waals surface area contributed by atoms with E-state index in [2.05, 4.69) is 36.7 Å². The fraction of sp³-hybridized carbons (Fsp3) is 0.455. The van der Waals surface area contributed by atoms with Gasteiger partial charge in [0.2, 0.25) is 0 Å². The first-order valence-corrected chi connectivity index (χ1v) is 5.36. The summed E-state index contributed by atoms with van der Waals surface area (Å²) >= 11 is 3.40. The molecule has 0 saturated carbocycles. The monoisotopic (exact) mass is 257 g/mol. The Morgan fingerprint density at radius 3 is 2.36 bits per heavy atom. The van der Waals surface area contributed by atoms with Gasteiger partial charge in [-0.05, 0) is 17.5 Å². The fourth-order valence-corrected chi connectivity index (χ4v) is 1.87. The minimum Gasteiger partial charge on any atom is -0.508 e. The van der Waals surface area contributed by atoms with Crippen molar-refractivity contribution in [2.45, 2.75) is 26.8 Å². The molecule has 3 heteroatoms. The van der Waals surface area contributed by atoms with Crippen LogP contribution in [0.3, 0.4) is 0 Å². The molecule has 1 rings (SSSR count). The summed E-state index contributed by atoms with van der Waals surface area (Å²) in [6.45, 7) is 6.16. The first kappa shape index (κ1) is 11.5. The van der Waals surface area contributed by atoms with Crippen LogP contribution in [-0.2, 0) is 0 Å². The zero-order chi connectivity index (χ0) is 10.9. The maximum Gasteiger partial charge on any atom is 0.121 e. The van der Waals surface area contributed by atoms with E-state index in [1.165, 1.54) is 0 Å². The number of benzene rings is 1. The van der Waals surface area contributed by atoms with Crippen molar-refractivity contribution in [1.29, 1.82) is 0 Å². The van der Waals surface area contributed by atoms with Crippen molar-refractivity contribution in [2.75, 3.05) is 0 Å². The second kappa shape index (κ2) is 3.91. The van der Waals surface area contributed by atoms with Crippen molar-refractivity contribution in [3.8, 4) is 5.75 Å². The molecule has 78 valence electrons. The van der Waals surface area contributed by atoms with Crippen LogP contribution in [0.4, 0.5) is 0 Å². The highest BCUT2D eigenvalue weighted by molar-refractivity contribution is 9.10. The van der Waals surface area contributed by atoms with Crippen LogP contribution < -0.4 is 5.73 Å². The highest BCUT2D eigenvalue weighted by Gasteiger charge is 2.26. The molecular formula is C11H16BrNO. The van der Waals surface area contributed by atoms with E-state index < -0.39 is 0 Å². The van der Waals surface area contributed by atoms with Crippen LogP contribution in [-0.4, -0.2) is 5.11 Å². The van der Waals surface area contributed by atoms with Gasteiger partial charge in [-0.3, -0.25) is 0 Å². The van der Waals surface area contributed by atoms with Crippen LogP contribution >= 0.6 is 15.9 Å². The third kappa shape index (κ3) is 2.28. The Bertz CT molecular complexity index is 310. The van der Waals surface area contributed by atoms with E-state index >= 15 is 0 Å². The minimum absolute atomic E-state index is 0.0681. The van der Waals surface area contributed by atoms with Crippen LogP contribution in [0.1, 0.15) is 32.4 Å². The molecule has 2 nitrogen and oxygen atoms in total. The van der Waals surface area contributed by atoms with E-state index in [-0.39, 0.29) is 17.2 Å². The molecule has 0 saturated heterocycles. The molecule has 1 aromatic carbocycles. The molecule has 0 aliphatic rings. The largest absolute Gasteiger partial charge is 0.508 e. The van der Waals surface area contributed by atoms with Crippen molar-refractivity contribution in [2.24, 2.45) is 11.1 Å². The van der Waals surface area contributed by atoms with Gasteiger partial charge >= 0.3 is 0 Å². The smallest absolute Gasteiger partial charge is 0.121 e. The molecule has 1 unspecified atom stereocenters. The number of aromatic hydroxyl groups is 1. The molecule has 0 radical (unpaired) electrons. The van der Waals surface area contributed by atoms with E-state index in [9.17, 15) is 5.11 Å². The average Bonchev–Trinajstić information content (AvgIpc) is 2.01. The summed E-state index contributed by atoms with van der Waals surface area (Å²) in [6.07, 6.45) is 0. The molecule has 0 aromatic heterocycles. The molecule has 0 aliphatic carbocycles. The summed E-state index contributed by atoms with van der Waals surface area (Å²) in [4.78, 5) is 0. The average molecular weight is 258 g/mol. The molecule has 1 aromatic rings. The first-order chi connectivity index (χ1) is 6.34. The Morgan fingerprint density at radius 2 is 1.93 bits per heavy atom. The van der Waals surface area contributed by atoms with E-state index in [1.807, 2.05) is 6.07 Å². The molecule has 0 bridgehead atoms. The van der Waals surface area contributed by atoms with Crippen molar-refractivity contribution in [3.05, 3.63) is 28.2 Å². The van der Waals surface area contributed by atoms with Gasteiger partial charge < -0.3 is 10.8 Å². The first-order valence-electron chi connectivity index (χ1n) is 4.57. The Labute approximate surface area is 93.3 Å². The molecule has 0 aliphatic heterocycles. The van der Waals surface area contributed by atoms with E-state index in [0.29, 0.717) is 0 Å². The molecule has 3 N–H and O–H groups in total. The van der Waals surface area contributed by atoms with Gasteiger partial charge in [0, 0.05) is 16.1 Å². The normalized spacial score (nSPS) is 14.1. The third-order valence-corrected chi connectivity index (χ3v) is 2.97. The standard InChI is InChI=1S/C11H16BrNO/c1-11(2,3)10(13)9-7(12)5-4-6-8(9)14/h4-6,10,14H,13H2,1-3H3. The minimum atomic E-state index is -0.182. The second-order valence-corrected chi connectivity index (χ2v) is 5.37. The van der Waals surface area contributed by atoms with Crippen molar-refractivity contribution < 1.29 is 5.11 Å². The van der Waals surface area contributed by atoms with Crippen molar-refractivity contribution in [3.63, 3.8) is 0 Å².